The summed E-state index contributed by atoms with van der Waals surface area (Å²) in [5, 5.41) is 2.52. The van der Waals surface area contributed by atoms with Gasteiger partial charge in [0, 0.05) is 25.9 Å². The molecule has 0 spiro atoms. The van der Waals surface area contributed by atoms with Crippen LogP contribution in [0.5, 0.6) is 0 Å². The molecule has 0 aliphatic heterocycles. The maximum atomic E-state index is 12.5. The number of carbonyl (C=O) groups is 3. The Hall–Kier alpha value is -2.35. The standard InChI is InChI=1S/C42H78N2O6/c1-3-5-7-9-11-13-15-17-19-21-23-25-27-29-31-33-40(45)48-37-39(38-49-42(47)44-36-35-43)50-41(46)34-32-30-28-26-24-22-20-18-16-14-12-10-8-6-4-2/h17-20,39H,3-16,21-38,43H2,1-2H3,(H,44,47)/b19-17-,20-18-. The van der Waals surface area contributed by atoms with Crippen molar-refractivity contribution in [2.24, 2.45) is 5.73 Å². The molecule has 0 heterocycles. The summed E-state index contributed by atoms with van der Waals surface area (Å²) in [5.74, 6) is -0.694. The SMILES string of the molecule is CCCCCCCC/C=C\CCCCCCCC(=O)OCC(COC(=O)NCCN)OC(=O)CCCCCCC/C=C\CCCCCCCC. The predicted octanol–water partition coefficient (Wildman–Crippen LogP) is 11.2. The Morgan fingerprint density at radius 2 is 0.900 bits per heavy atom. The largest absolute Gasteiger partial charge is 0.462 e. The summed E-state index contributed by atoms with van der Waals surface area (Å²) < 4.78 is 16.1. The van der Waals surface area contributed by atoms with Crippen molar-refractivity contribution < 1.29 is 28.6 Å². The molecule has 0 radical (unpaired) electrons. The van der Waals surface area contributed by atoms with Gasteiger partial charge in [0.15, 0.2) is 6.10 Å². The number of nitrogens with one attached hydrogen (secondary N) is 1. The lowest BCUT2D eigenvalue weighted by Crippen LogP contribution is -2.35. The van der Waals surface area contributed by atoms with Gasteiger partial charge in [-0.05, 0) is 64.2 Å². The van der Waals surface area contributed by atoms with Crippen LogP contribution in [0.15, 0.2) is 24.3 Å². The predicted molar refractivity (Wildman–Crippen MR) is 208 cm³/mol. The van der Waals surface area contributed by atoms with Crippen molar-refractivity contribution in [2.45, 2.75) is 200 Å². The first-order valence-electron chi connectivity index (χ1n) is 20.8. The molecule has 8 nitrogen and oxygen atoms in total. The molecule has 0 aromatic rings. The second kappa shape index (κ2) is 39.4. The van der Waals surface area contributed by atoms with Crippen LogP contribution in [0.1, 0.15) is 194 Å². The number of hydrogen-bond donors (Lipinski definition) is 2. The van der Waals surface area contributed by atoms with Gasteiger partial charge in [0.1, 0.15) is 13.2 Å². The lowest BCUT2D eigenvalue weighted by atomic mass is 10.1. The normalized spacial score (nSPS) is 12.1. The Morgan fingerprint density at radius 1 is 0.520 bits per heavy atom. The molecular formula is C42H78N2O6. The molecule has 1 unspecified atom stereocenters. The molecule has 3 N–H and O–H groups in total. The Labute approximate surface area is 307 Å². The van der Waals surface area contributed by atoms with Crippen molar-refractivity contribution in [2.75, 3.05) is 26.3 Å². The fourth-order valence-corrected chi connectivity index (χ4v) is 5.69. The third-order valence-corrected chi connectivity index (χ3v) is 8.83. The van der Waals surface area contributed by atoms with Crippen LogP contribution in [0, 0.1) is 0 Å². The molecule has 0 aromatic heterocycles. The van der Waals surface area contributed by atoms with Crippen LogP contribution in [0.25, 0.3) is 0 Å². The summed E-state index contributed by atoms with van der Waals surface area (Å²) in [6, 6.07) is 0. The molecule has 0 rings (SSSR count). The minimum absolute atomic E-state index is 0.133. The van der Waals surface area contributed by atoms with E-state index < -0.39 is 12.2 Å². The molecule has 0 aliphatic rings. The van der Waals surface area contributed by atoms with E-state index >= 15 is 0 Å². The maximum Gasteiger partial charge on any atom is 0.407 e. The van der Waals surface area contributed by atoms with Crippen LogP contribution >= 0.6 is 0 Å². The number of allylic oxidation sites excluding steroid dienone is 4. The first-order valence-corrected chi connectivity index (χ1v) is 20.8. The fourth-order valence-electron chi connectivity index (χ4n) is 5.69. The van der Waals surface area contributed by atoms with Crippen LogP contribution in [-0.2, 0) is 23.8 Å². The number of carbonyl (C=O) groups excluding carboxylic acids is 3. The molecule has 0 bridgehead atoms. The van der Waals surface area contributed by atoms with E-state index in [2.05, 4.69) is 43.5 Å². The van der Waals surface area contributed by atoms with Gasteiger partial charge in [-0.15, -0.1) is 0 Å². The van der Waals surface area contributed by atoms with Gasteiger partial charge in [-0.2, -0.15) is 0 Å². The van der Waals surface area contributed by atoms with E-state index in [0.717, 1.165) is 64.2 Å². The molecule has 1 amide bonds. The average Bonchev–Trinajstić information content (AvgIpc) is 3.11. The van der Waals surface area contributed by atoms with Crippen LogP contribution in [0.3, 0.4) is 0 Å². The summed E-state index contributed by atoms with van der Waals surface area (Å²) in [6.45, 7) is 4.76. The highest BCUT2D eigenvalue weighted by Gasteiger charge is 2.19. The quantitative estimate of drug-likeness (QED) is 0.0286. The molecule has 0 fully saturated rings. The number of nitrogens with two attached hydrogens (primary N) is 1. The first kappa shape index (κ1) is 47.7. The van der Waals surface area contributed by atoms with E-state index in [1.165, 1.54) is 103 Å². The smallest absolute Gasteiger partial charge is 0.407 e. The Balaban J connectivity index is 4.09. The van der Waals surface area contributed by atoms with Crippen molar-refractivity contribution in [1.29, 1.82) is 0 Å². The zero-order valence-electron chi connectivity index (χ0n) is 32.5. The van der Waals surface area contributed by atoms with E-state index in [1.54, 1.807) is 0 Å². The third-order valence-electron chi connectivity index (χ3n) is 8.83. The summed E-state index contributed by atoms with van der Waals surface area (Å²) in [5.41, 5.74) is 5.42. The van der Waals surface area contributed by atoms with Crippen LogP contribution in [0.2, 0.25) is 0 Å². The number of amides is 1. The van der Waals surface area contributed by atoms with Crippen molar-refractivity contribution in [1.82, 2.24) is 5.32 Å². The second-order valence-electron chi connectivity index (χ2n) is 13.8. The Morgan fingerprint density at radius 3 is 1.34 bits per heavy atom. The highest BCUT2D eigenvalue weighted by molar-refractivity contribution is 5.70. The summed E-state index contributed by atoms with van der Waals surface area (Å²) >= 11 is 0. The lowest BCUT2D eigenvalue weighted by molar-refractivity contribution is -0.161. The van der Waals surface area contributed by atoms with Gasteiger partial charge in [-0.3, -0.25) is 9.59 Å². The van der Waals surface area contributed by atoms with Crippen LogP contribution in [-0.4, -0.2) is 50.4 Å². The number of ether oxygens (including phenoxy) is 3. The molecule has 292 valence electrons. The molecule has 50 heavy (non-hydrogen) atoms. The zero-order valence-corrected chi connectivity index (χ0v) is 32.5. The molecule has 1 atom stereocenters. The number of hydrogen-bond acceptors (Lipinski definition) is 7. The summed E-state index contributed by atoms with van der Waals surface area (Å²) in [6.07, 6.45) is 39.4. The number of rotatable bonds is 37. The van der Waals surface area contributed by atoms with Crippen molar-refractivity contribution in [3.05, 3.63) is 24.3 Å². The van der Waals surface area contributed by atoms with E-state index in [4.69, 9.17) is 19.9 Å². The Kier molecular flexibility index (Phi) is 37.6. The molecule has 0 saturated heterocycles. The zero-order chi connectivity index (χ0) is 36.6. The van der Waals surface area contributed by atoms with Crippen molar-refractivity contribution in [3.8, 4) is 0 Å². The maximum absolute atomic E-state index is 12.5. The molecule has 8 heteroatoms. The monoisotopic (exact) mass is 707 g/mol. The van der Waals surface area contributed by atoms with E-state index in [9.17, 15) is 14.4 Å². The topological polar surface area (TPSA) is 117 Å². The van der Waals surface area contributed by atoms with Gasteiger partial charge in [0.25, 0.3) is 0 Å². The van der Waals surface area contributed by atoms with Crippen LogP contribution < -0.4 is 11.1 Å². The fraction of sp³-hybridized carbons (Fsp3) is 0.833. The second-order valence-corrected chi connectivity index (χ2v) is 13.8. The highest BCUT2D eigenvalue weighted by atomic mass is 16.6. The van der Waals surface area contributed by atoms with Gasteiger partial charge < -0.3 is 25.3 Å². The average molecular weight is 707 g/mol. The first-order chi connectivity index (χ1) is 24.5. The third kappa shape index (κ3) is 36.9. The van der Waals surface area contributed by atoms with E-state index in [0.29, 0.717) is 6.42 Å². The van der Waals surface area contributed by atoms with Crippen LogP contribution in [0.4, 0.5) is 4.79 Å². The number of unbranched alkanes of at least 4 members (excludes halogenated alkanes) is 22. The molecule has 0 aliphatic carbocycles. The molecular weight excluding hydrogens is 628 g/mol. The van der Waals surface area contributed by atoms with Gasteiger partial charge in [-0.25, -0.2) is 4.79 Å². The van der Waals surface area contributed by atoms with Gasteiger partial charge in [0.2, 0.25) is 0 Å². The number of esters is 2. The lowest BCUT2D eigenvalue weighted by Gasteiger charge is -2.18. The molecule has 0 aromatic carbocycles. The Bertz CT molecular complexity index is 831. The minimum atomic E-state index is -0.840. The van der Waals surface area contributed by atoms with Gasteiger partial charge >= 0.3 is 18.0 Å². The molecule has 0 saturated carbocycles. The number of alkyl carbamates (subject to hydrolysis) is 1. The van der Waals surface area contributed by atoms with E-state index in [-0.39, 0.29) is 44.7 Å². The summed E-state index contributed by atoms with van der Waals surface area (Å²) in [7, 11) is 0. The minimum Gasteiger partial charge on any atom is -0.462 e. The van der Waals surface area contributed by atoms with Gasteiger partial charge in [0.05, 0.1) is 0 Å². The van der Waals surface area contributed by atoms with E-state index in [1.807, 2.05) is 0 Å². The van der Waals surface area contributed by atoms with Crippen molar-refractivity contribution >= 4 is 18.0 Å². The highest BCUT2D eigenvalue weighted by Crippen LogP contribution is 2.13. The van der Waals surface area contributed by atoms with Crippen molar-refractivity contribution in [3.63, 3.8) is 0 Å². The van der Waals surface area contributed by atoms with Gasteiger partial charge in [-0.1, -0.05) is 141 Å². The summed E-state index contributed by atoms with van der Waals surface area (Å²) in [4.78, 5) is 36.8.